The largest absolute Gasteiger partial charge is 0.493 e. The van der Waals surface area contributed by atoms with Crippen molar-refractivity contribution in [3.05, 3.63) is 45.6 Å². The van der Waals surface area contributed by atoms with Crippen LogP contribution < -0.4 is 14.8 Å². The number of nitrogens with zero attached hydrogens (tertiary/aromatic N) is 1. The van der Waals surface area contributed by atoms with Crippen molar-refractivity contribution in [1.82, 2.24) is 10.2 Å². The Kier molecular flexibility index (Phi) is 7.62. The van der Waals surface area contributed by atoms with Gasteiger partial charge in [0.15, 0.2) is 11.5 Å². The maximum atomic E-state index is 12.5. The first-order valence-corrected chi connectivity index (χ1v) is 10.6. The summed E-state index contributed by atoms with van der Waals surface area (Å²) in [6.45, 7) is -1.32. The van der Waals surface area contributed by atoms with Gasteiger partial charge in [0.1, 0.15) is 0 Å². The number of carbonyl (C=O) groups is 2. The molecule has 0 atom stereocenters. The Morgan fingerprint density at radius 3 is 2.83 bits per heavy atom. The van der Waals surface area contributed by atoms with Gasteiger partial charge in [0, 0.05) is 37.4 Å². The fourth-order valence-corrected chi connectivity index (χ4v) is 4.23. The first-order chi connectivity index (χ1) is 14.5. The molecule has 1 aromatic carbocycles. The molecular weight excluding hydrogens is 414 g/mol. The molecule has 1 aliphatic rings. The minimum Gasteiger partial charge on any atom is -0.493 e. The Labute approximate surface area is 177 Å². The number of hydrogen-bond acceptors (Lipinski definition) is 5. The number of alkyl halides is 2. The highest BCUT2D eigenvalue weighted by Crippen LogP contribution is 2.29. The molecule has 2 heterocycles. The lowest BCUT2D eigenvalue weighted by atomic mass is 10.1. The number of thiophene rings is 1. The highest BCUT2D eigenvalue weighted by Gasteiger charge is 2.21. The lowest BCUT2D eigenvalue weighted by molar-refractivity contribution is -0.134. The second-order valence-electron chi connectivity index (χ2n) is 6.90. The van der Waals surface area contributed by atoms with E-state index < -0.39 is 6.61 Å². The van der Waals surface area contributed by atoms with Crippen molar-refractivity contribution in [2.24, 2.45) is 0 Å². The van der Waals surface area contributed by atoms with Crippen LogP contribution >= 0.6 is 11.3 Å². The summed E-state index contributed by atoms with van der Waals surface area (Å²) in [5, 5.41) is 4.80. The minimum atomic E-state index is -2.95. The van der Waals surface area contributed by atoms with Crippen LogP contribution in [0, 0.1) is 0 Å². The van der Waals surface area contributed by atoms with Gasteiger partial charge in [-0.15, -0.1) is 11.3 Å². The Bertz CT molecular complexity index is 888. The average molecular weight is 438 g/mol. The molecule has 2 aromatic rings. The van der Waals surface area contributed by atoms with Crippen molar-refractivity contribution >= 4 is 23.2 Å². The smallest absolute Gasteiger partial charge is 0.387 e. The normalized spacial score (nSPS) is 13.1. The van der Waals surface area contributed by atoms with Crippen LogP contribution in [0.2, 0.25) is 0 Å². The molecule has 1 aliphatic heterocycles. The number of carbonyl (C=O) groups excluding carboxylic acids is 2. The van der Waals surface area contributed by atoms with E-state index in [0.717, 1.165) is 12.0 Å². The molecule has 30 heavy (non-hydrogen) atoms. The predicted octanol–water partition coefficient (Wildman–Crippen LogP) is 3.38. The van der Waals surface area contributed by atoms with E-state index in [0.29, 0.717) is 26.1 Å². The second kappa shape index (κ2) is 10.4. The number of benzene rings is 1. The molecule has 0 fully saturated rings. The number of rotatable bonds is 9. The maximum absolute atomic E-state index is 12.5. The van der Waals surface area contributed by atoms with Crippen molar-refractivity contribution in [2.45, 2.75) is 38.8 Å². The molecule has 3 rings (SSSR count). The van der Waals surface area contributed by atoms with E-state index in [9.17, 15) is 18.4 Å². The molecule has 0 bridgehead atoms. The van der Waals surface area contributed by atoms with Gasteiger partial charge in [-0.1, -0.05) is 6.07 Å². The number of nitrogens with one attached hydrogen (secondary N) is 1. The number of hydrogen-bond donors (Lipinski definition) is 1. The van der Waals surface area contributed by atoms with Crippen LogP contribution in [0.4, 0.5) is 8.78 Å². The lowest BCUT2D eigenvalue weighted by Crippen LogP contribution is -2.36. The molecule has 0 saturated heterocycles. The molecule has 0 saturated carbocycles. The van der Waals surface area contributed by atoms with Crippen LogP contribution in [-0.2, 0) is 29.0 Å². The summed E-state index contributed by atoms with van der Waals surface area (Å²) < 4.78 is 34.5. The van der Waals surface area contributed by atoms with E-state index in [1.54, 1.807) is 28.4 Å². The first kappa shape index (κ1) is 22.0. The zero-order chi connectivity index (χ0) is 21.5. The van der Waals surface area contributed by atoms with Crippen LogP contribution in [-0.4, -0.2) is 43.5 Å². The zero-order valence-electron chi connectivity index (χ0n) is 16.7. The summed E-state index contributed by atoms with van der Waals surface area (Å²) in [5.41, 5.74) is 1.92. The predicted molar refractivity (Wildman–Crippen MR) is 109 cm³/mol. The minimum absolute atomic E-state index is 0.0223. The van der Waals surface area contributed by atoms with Gasteiger partial charge in [0.2, 0.25) is 11.8 Å². The highest BCUT2D eigenvalue weighted by molar-refractivity contribution is 7.10. The molecule has 6 nitrogen and oxygen atoms in total. The van der Waals surface area contributed by atoms with E-state index in [-0.39, 0.29) is 36.2 Å². The van der Waals surface area contributed by atoms with Crippen LogP contribution in [0.25, 0.3) is 0 Å². The van der Waals surface area contributed by atoms with E-state index in [4.69, 9.17) is 4.74 Å². The molecule has 162 valence electrons. The number of halogens is 2. The summed E-state index contributed by atoms with van der Waals surface area (Å²) in [4.78, 5) is 27.6. The molecule has 0 spiro atoms. The van der Waals surface area contributed by atoms with E-state index in [2.05, 4.69) is 10.1 Å². The summed E-state index contributed by atoms with van der Waals surface area (Å²) in [5.74, 6) is -0.0637. The van der Waals surface area contributed by atoms with Crippen LogP contribution in [0.15, 0.2) is 29.6 Å². The van der Waals surface area contributed by atoms with E-state index in [1.807, 2.05) is 11.4 Å². The van der Waals surface area contributed by atoms with Gasteiger partial charge in [-0.25, -0.2) is 0 Å². The van der Waals surface area contributed by atoms with Crippen molar-refractivity contribution in [1.29, 1.82) is 0 Å². The number of ether oxygens (including phenoxy) is 2. The van der Waals surface area contributed by atoms with Crippen molar-refractivity contribution in [2.75, 3.05) is 20.2 Å². The quantitative estimate of drug-likeness (QED) is 0.652. The van der Waals surface area contributed by atoms with Crippen molar-refractivity contribution in [3.8, 4) is 11.5 Å². The fourth-order valence-electron chi connectivity index (χ4n) is 3.34. The number of fused-ring (bicyclic) bond motifs is 1. The fraction of sp³-hybridized carbons (Fsp3) is 0.429. The Hall–Kier alpha value is -2.68. The second-order valence-corrected chi connectivity index (χ2v) is 7.90. The van der Waals surface area contributed by atoms with Crippen LogP contribution in [0.3, 0.4) is 0 Å². The zero-order valence-corrected chi connectivity index (χ0v) is 17.5. The summed E-state index contributed by atoms with van der Waals surface area (Å²) in [6, 6.07) is 6.78. The third-order valence-corrected chi connectivity index (χ3v) is 5.93. The molecule has 0 unspecified atom stereocenters. The van der Waals surface area contributed by atoms with Crippen molar-refractivity contribution < 1.29 is 27.8 Å². The molecule has 0 aliphatic carbocycles. The third-order valence-electron chi connectivity index (χ3n) is 4.91. The van der Waals surface area contributed by atoms with Crippen molar-refractivity contribution in [3.63, 3.8) is 0 Å². The summed E-state index contributed by atoms with van der Waals surface area (Å²) in [6.07, 6.45) is 1.59. The van der Waals surface area contributed by atoms with E-state index in [1.165, 1.54) is 23.6 Å². The Morgan fingerprint density at radius 2 is 2.07 bits per heavy atom. The van der Waals surface area contributed by atoms with Gasteiger partial charge in [-0.2, -0.15) is 8.78 Å². The Morgan fingerprint density at radius 1 is 1.23 bits per heavy atom. The first-order valence-electron chi connectivity index (χ1n) is 9.67. The standard InChI is InChI=1S/C21H24F2N2O4S/c1-28-16-3-2-14(12-17(16)29-21(22)23)6-9-24-19(26)4-5-20(27)25-10-7-18-15(13-25)8-11-30-18/h2-3,8,11-12,21H,4-7,9-10,13H2,1H3,(H,24,26). The average Bonchev–Trinajstić information content (AvgIpc) is 3.19. The summed E-state index contributed by atoms with van der Waals surface area (Å²) in [7, 11) is 1.37. The Balaban J connectivity index is 1.40. The molecule has 1 aromatic heterocycles. The van der Waals surface area contributed by atoms with Gasteiger partial charge in [-0.3, -0.25) is 9.59 Å². The van der Waals surface area contributed by atoms with E-state index >= 15 is 0 Å². The third kappa shape index (κ3) is 5.91. The van der Waals surface area contributed by atoms with Gasteiger partial charge < -0.3 is 19.7 Å². The molecular formula is C21H24F2N2O4S. The summed E-state index contributed by atoms with van der Waals surface area (Å²) >= 11 is 1.72. The van der Waals surface area contributed by atoms with Gasteiger partial charge in [0.05, 0.1) is 7.11 Å². The topological polar surface area (TPSA) is 67.9 Å². The maximum Gasteiger partial charge on any atom is 0.387 e. The monoisotopic (exact) mass is 438 g/mol. The van der Waals surface area contributed by atoms with Gasteiger partial charge in [-0.05, 0) is 47.5 Å². The highest BCUT2D eigenvalue weighted by atomic mass is 32.1. The van der Waals surface area contributed by atoms with Gasteiger partial charge in [0.25, 0.3) is 0 Å². The van der Waals surface area contributed by atoms with Crippen LogP contribution in [0.1, 0.15) is 28.8 Å². The molecule has 9 heteroatoms. The molecule has 2 amide bonds. The van der Waals surface area contributed by atoms with Crippen LogP contribution in [0.5, 0.6) is 11.5 Å². The van der Waals surface area contributed by atoms with Gasteiger partial charge >= 0.3 is 6.61 Å². The molecule has 0 radical (unpaired) electrons. The lowest BCUT2D eigenvalue weighted by Gasteiger charge is -2.27. The number of methoxy groups -OCH3 is 1. The SMILES string of the molecule is COc1ccc(CCNC(=O)CCC(=O)N2CCc3sccc3C2)cc1OC(F)F. The molecule has 1 N–H and O–H groups in total. The number of amides is 2.